The fourth-order valence-corrected chi connectivity index (χ4v) is 15.8. The molecule has 0 N–H and O–H groups in total. The Balaban J connectivity index is 0.837. The minimum absolute atomic E-state index is 0.00566. The maximum atomic E-state index is 2.64. The molecule has 398 valence electrons. The molecular weight excluding hydrogens is 1040 g/mol. The Kier molecular flexibility index (Phi) is 10.1. The highest BCUT2D eigenvalue weighted by atomic mass is 15.2. The SMILES string of the molecule is c1ccc(C2c3cc(N(c4ccccc4)c4ccccc4)ccc3B3c4c2cccc4-n2c4cc5c(cc4c4cccc3c42)c2cccc3c2n5-c2cccc4c2B3c2ccc(N(c3ccccc3)c3ccccc3)cc2N4c2ccccc2)cc1. The predicted molar refractivity (Wildman–Crippen MR) is 362 cm³/mol. The maximum Gasteiger partial charge on any atom is 0.252 e. The molecule has 0 saturated heterocycles. The summed E-state index contributed by atoms with van der Waals surface area (Å²) in [5, 5.41) is 5.10. The average molecular weight is 1090 g/mol. The summed E-state index contributed by atoms with van der Waals surface area (Å²) < 4.78 is 5.26. The molecule has 4 aliphatic heterocycles. The van der Waals surface area contributed by atoms with E-state index in [9.17, 15) is 0 Å². The zero-order valence-corrected chi connectivity index (χ0v) is 46.8. The number of hydrogen-bond donors (Lipinski definition) is 0. The van der Waals surface area contributed by atoms with Gasteiger partial charge in [0.2, 0.25) is 6.71 Å². The Hall–Kier alpha value is -11.0. The second kappa shape index (κ2) is 18.2. The van der Waals surface area contributed by atoms with Crippen molar-refractivity contribution in [1.82, 2.24) is 9.13 Å². The Bertz CT molecular complexity index is 4850. The molecule has 7 heteroatoms. The van der Waals surface area contributed by atoms with Crippen LogP contribution < -0.4 is 47.5 Å². The Morgan fingerprint density at radius 2 is 0.733 bits per heavy atom. The van der Waals surface area contributed by atoms with Crippen LogP contribution in [0.1, 0.15) is 22.6 Å². The average Bonchev–Trinajstić information content (AvgIpc) is 1.41. The van der Waals surface area contributed by atoms with Gasteiger partial charge in [-0.25, -0.2) is 0 Å². The van der Waals surface area contributed by atoms with Crippen molar-refractivity contribution in [2.75, 3.05) is 14.7 Å². The number of hydrogen-bond acceptors (Lipinski definition) is 3. The number of nitrogens with zero attached hydrogens (tertiary/aromatic N) is 5. The first kappa shape index (κ1) is 47.5. The smallest absolute Gasteiger partial charge is 0.252 e. The quantitative estimate of drug-likeness (QED) is 0.141. The van der Waals surface area contributed by atoms with Crippen molar-refractivity contribution >= 4 is 141 Å². The van der Waals surface area contributed by atoms with Gasteiger partial charge in [-0.05, 0) is 159 Å². The van der Waals surface area contributed by atoms with E-state index in [-0.39, 0.29) is 19.3 Å². The standard InChI is InChI=1S/C79H51B2N5/c1-7-23-51(24-8-1)75-61-37-21-40-69-76(61)80(65-45-43-57(47-64(65)75)82(52-25-9-2-10-26-52)53-27-11-3-12-28-53)67-38-19-35-59-62-49-63-60-36-20-39-68-79(60)86(73(63)50-72(62)85(69)78(59)67)71-42-22-41-70-77(71)81(68)66-46-44-58(48-74(66)84(70)56-33-17-6-18-34-56)83(54-29-13-4-14-30-54)55-31-15-5-16-32-55/h1-50,75H. The molecule has 4 aliphatic rings. The minimum atomic E-state index is -0.00566. The van der Waals surface area contributed by atoms with Gasteiger partial charge in [-0.3, -0.25) is 0 Å². The van der Waals surface area contributed by atoms with Crippen LogP contribution in [0.2, 0.25) is 0 Å². The summed E-state index contributed by atoms with van der Waals surface area (Å²) >= 11 is 0. The molecule has 13 aromatic carbocycles. The number of benzene rings is 13. The van der Waals surface area contributed by atoms with E-state index < -0.39 is 0 Å². The summed E-state index contributed by atoms with van der Waals surface area (Å²) in [6, 6.07) is 113. The molecular formula is C79H51B2N5. The Morgan fingerprint density at radius 1 is 0.279 bits per heavy atom. The number of aromatic nitrogens is 2. The van der Waals surface area contributed by atoms with E-state index in [1.54, 1.807) is 0 Å². The zero-order valence-electron chi connectivity index (χ0n) is 46.8. The Labute approximate surface area is 499 Å². The van der Waals surface area contributed by atoms with Crippen LogP contribution in [0.4, 0.5) is 51.2 Å². The first-order valence-corrected chi connectivity index (χ1v) is 30.0. The first-order valence-electron chi connectivity index (χ1n) is 30.0. The first-order chi connectivity index (χ1) is 42.7. The fourth-order valence-electron chi connectivity index (χ4n) is 15.8. The molecule has 0 amide bonds. The van der Waals surface area contributed by atoms with Crippen LogP contribution in [0.15, 0.2) is 303 Å². The van der Waals surface area contributed by atoms with E-state index in [2.05, 4.69) is 327 Å². The van der Waals surface area contributed by atoms with Crippen LogP contribution in [0.25, 0.3) is 55.0 Å². The third kappa shape index (κ3) is 6.62. The van der Waals surface area contributed by atoms with Crippen molar-refractivity contribution in [3.05, 3.63) is 320 Å². The van der Waals surface area contributed by atoms with E-state index in [0.717, 1.165) is 39.8 Å². The summed E-state index contributed by atoms with van der Waals surface area (Å²) in [4.78, 5) is 7.30. The van der Waals surface area contributed by atoms with Gasteiger partial charge in [-0.2, -0.15) is 0 Å². The number of anilines is 9. The highest BCUT2D eigenvalue weighted by Gasteiger charge is 2.45. The predicted octanol–water partition coefficient (Wildman–Crippen LogP) is 15.8. The summed E-state index contributed by atoms with van der Waals surface area (Å²) in [5.41, 5.74) is 29.8. The van der Waals surface area contributed by atoms with Crippen LogP contribution in [-0.4, -0.2) is 22.6 Å². The van der Waals surface area contributed by atoms with Gasteiger partial charge in [0.15, 0.2) is 0 Å². The van der Waals surface area contributed by atoms with E-state index >= 15 is 0 Å². The van der Waals surface area contributed by atoms with Gasteiger partial charge in [0.1, 0.15) is 0 Å². The highest BCUT2D eigenvalue weighted by Crippen LogP contribution is 2.47. The van der Waals surface area contributed by atoms with Gasteiger partial charge in [-0.15, -0.1) is 0 Å². The van der Waals surface area contributed by atoms with Crippen LogP contribution in [-0.2, 0) is 0 Å². The van der Waals surface area contributed by atoms with Crippen molar-refractivity contribution in [3.8, 4) is 11.4 Å². The van der Waals surface area contributed by atoms with Crippen LogP contribution in [0, 0.1) is 0 Å². The number of para-hydroxylation sites is 7. The molecule has 0 bridgehead atoms. The number of rotatable bonds is 8. The summed E-state index contributed by atoms with van der Waals surface area (Å²) in [5.74, 6) is 0.00915. The van der Waals surface area contributed by atoms with Crippen molar-refractivity contribution < 1.29 is 0 Å². The molecule has 6 heterocycles. The lowest BCUT2D eigenvalue weighted by Gasteiger charge is -2.41. The minimum Gasteiger partial charge on any atom is -0.311 e. The highest BCUT2D eigenvalue weighted by molar-refractivity contribution is 7.00. The van der Waals surface area contributed by atoms with Crippen molar-refractivity contribution in [3.63, 3.8) is 0 Å². The zero-order chi connectivity index (χ0) is 56.1. The van der Waals surface area contributed by atoms with E-state index in [0.29, 0.717) is 0 Å². The topological polar surface area (TPSA) is 19.6 Å². The van der Waals surface area contributed by atoms with E-state index in [1.807, 2.05) is 0 Å². The third-order valence-electron chi connectivity index (χ3n) is 19.1. The molecule has 5 nitrogen and oxygen atoms in total. The molecule has 1 unspecified atom stereocenters. The van der Waals surface area contributed by atoms with Crippen LogP contribution in [0.5, 0.6) is 0 Å². The molecule has 0 radical (unpaired) electrons. The number of fused-ring (bicyclic) bond motifs is 14. The lowest BCUT2D eigenvalue weighted by atomic mass is 9.31. The monoisotopic (exact) mass is 1090 g/mol. The molecule has 1 atom stereocenters. The van der Waals surface area contributed by atoms with Crippen LogP contribution >= 0.6 is 0 Å². The fraction of sp³-hybridized carbons (Fsp3) is 0.0127. The van der Waals surface area contributed by atoms with Gasteiger partial charge in [0.05, 0.1) is 11.0 Å². The van der Waals surface area contributed by atoms with E-state index in [4.69, 9.17) is 0 Å². The molecule has 86 heavy (non-hydrogen) atoms. The largest absolute Gasteiger partial charge is 0.311 e. The van der Waals surface area contributed by atoms with Gasteiger partial charge in [-0.1, -0.05) is 194 Å². The molecule has 0 saturated carbocycles. The second-order valence-corrected chi connectivity index (χ2v) is 23.5. The van der Waals surface area contributed by atoms with E-state index in [1.165, 1.54) is 116 Å². The second-order valence-electron chi connectivity index (χ2n) is 23.5. The lowest BCUT2D eigenvalue weighted by molar-refractivity contribution is 0.979. The van der Waals surface area contributed by atoms with Gasteiger partial charge in [0, 0.05) is 101 Å². The molecule has 0 aliphatic carbocycles. The lowest BCUT2D eigenvalue weighted by Crippen LogP contribution is -2.61. The molecule has 15 aromatic rings. The van der Waals surface area contributed by atoms with Gasteiger partial charge < -0.3 is 23.8 Å². The Morgan fingerprint density at radius 3 is 1.29 bits per heavy atom. The molecule has 0 fully saturated rings. The van der Waals surface area contributed by atoms with Crippen molar-refractivity contribution in [2.45, 2.75) is 5.92 Å². The van der Waals surface area contributed by atoms with Crippen LogP contribution in [0.3, 0.4) is 0 Å². The van der Waals surface area contributed by atoms with Crippen molar-refractivity contribution in [1.29, 1.82) is 0 Å². The molecule has 0 spiro atoms. The third-order valence-corrected chi connectivity index (χ3v) is 19.1. The molecule has 19 rings (SSSR count). The summed E-state index contributed by atoms with van der Waals surface area (Å²) in [6.45, 7) is 0.0257. The maximum absolute atomic E-state index is 2.64. The van der Waals surface area contributed by atoms with Gasteiger partial charge in [0.25, 0.3) is 6.71 Å². The molecule has 2 aromatic heterocycles. The van der Waals surface area contributed by atoms with Crippen molar-refractivity contribution in [2.24, 2.45) is 0 Å². The normalized spacial score (nSPS) is 13.9. The summed E-state index contributed by atoms with van der Waals surface area (Å²) in [7, 11) is 0. The van der Waals surface area contributed by atoms with Gasteiger partial charge >= 0.3 is 0 Å². The summed E-state index contributed by atoms with van der Waals surface area (Å²) in [6.07, 6.45) is 0.